The van der Waals surface area contributed by atoms with E-state index in [-0.39, 0.29) is 5.69 Å². The summed E-state index contributed by atoms with van der Waals surface area (Å²) in [4.78, 5) is 18.9. The number of aromatic nitrogens is 3. The van der Waals surface area contributed by atoms with Crippen LogP contribution in [0.15, 0.2) is 22.7 Å². The van der Waals surface area contributed by atoms with Gasteiger partial charge in [0.25, 0.3) is 0 Å². The number of pyridine rings is 1. The molecule has 0 aliphatic rings. The van der Waals surface area contributed by atoms with Crippen molar-refractivity contribution >= 4 is 29.3 Å². The van der Waals surface area contributed by atoms with E-state index >= 15 is 0 Å². The minimum absolute atomic E-state index is 0.0691. The smallest absolute Gasteiger partial charge is 0.354 e. The summed E-state index contributed by atoms with van der Waals surface area (Å²) in [6.07, 6.45) is 2.34. The lowest BCUT2D eigenvalue weighted by molar-refractivity contribution is 0.0690. The number of hydrogen-bond acceptors (Lipinski definition) is 6. The molecule has 0 saturated heterocycles. The molecule has 0 unspecified atom stereocenters. The van der Waals surface area contributed by atoms with Crippen LogP contribution in [0.1, 0.15) is 28.8 Å². The minimum Gasteiger partial charge on any atom is -0.477 e. The first-order chi connectivity index (χ1) is 8.69. The molecule has 0 amide bonds. The minimum atomic E-state index is -1.01. The van der Waals surface area contributed by atoms with Gasteiger partial charge in [-0.3, -0.25) is 0 Å². The van der Waals surface area contributed by atoms with E-state index in [1.54, 1.807) is 23.9 Å². The van der Waals surface area contributed by atoms with Crippen molar-refractivity contribution in [3.63, 3.8) is 0 Å². The molecule has 2 aromatic rings. The van der Waals surface area contributed by atoms with Crippen LogP contribution in [-0.2, 0) is 12.2 Å². The zero-order valence-corrected chi connectivity index (χ0v) is 11.3. The van der Waals surface area contributed by atoms with Gasteiger partial charge in [0.05, 0.1) is 0 Å². The van der Waals surface area contributed by atoms with Crippen LogP contribution in [0, 0.1) is 0 Å². The van der Waals surface area contributed by atoms with Crippen molar-refractivity contribution < 1.29 is 9.90 Å². The van der Waals surface area contributed by atoms with E-state index in [0.717, 1.165) is 22.1 Å². The molecule has 94 valence electrons. The van der Waals surface area contributed by atoms with Gasteiger partial charge in [-0.15, -0.1) is 0 Å². The number of hydrogen-bond donors (Lipinski definition) is 1. The highest BCUT2D eigenvalue weighted by atomic mass is 32.2. The van der Waals surface area contributed by atoms with Crippen LogP contribution < -0.4 is 0 Å². The van der Waals surface area contributed by atoms with E-state index in [1.165, 1.54) is 17.7 Å². The molecule has 0 atom stereocenters. The number of aryl methyl sites for hydroxylation is 1. The highest BCUT2D eigenvalue weighted by molar-refractivity contribution is 8.00. The number of thioether (sulfide) groups is 1. The largest absolute Gasteiger partial charge is 0.477 e. The Labute approximate surface area is 112 Å². The lowest BCUT2D eigenvalue weighted by Crippen LogP contribution is -2.00. The predicted octanol–water partition coefficient (Wildman–Crippen LogP) is 2.49. The van der Waals surface area contributed by atoms with Gasteiger partial charge in [0.1, 0.15) is 11.5 Å². The fraction of sp³-hybridized carbons (Fsp3) is 0.273. The van der Waals surface area contributed by atoms with E-state index < -0.39 is 5.97 Å². The molecule has 0 fully saturated rings. The second-order valence-corrected chi connectivity index (χ2v) is 5.45. The standard InChI is InChI=1S/C11H11N3O2S2/c1-2-9-13-11(18-14-9)17-6-7-3-4-12-8(5-7)10(15)16/h3-5H,2,6H2,1H3,(H,15,16). The maximum Gasteiger partial charge on any atom is 0.354 e. The van der Waals surface area contributed by atoms with Gasteiger partial charge in [-0.1, -0.05) is 18.7 Å². The van der Waals surface area contributed by atoms with Crippen LogP contribution in [0.5, 0.6) is 0 Å². The molecular weight excluding hydrogens is 270 g/mol. The number of carbonyl (C=O) groups is 1. The van der Waals surface area contributed by atoms with Gasteiger partial charge in [0, 0.05) is 18.4 Å². The fourth-order valence-electron chi connectivity index (χ4n) is 1.27. The van der Waals surface area contributed by atoms with Crippen molar-refractivity contribution in [2.75, 3.05) is 0 Å². The molecule has 0 spiro atoms. The third kappa shape index (κ3) is 3.27. The van der Waals surface area contributed by atoms with Gasteiger partial charge >= 0.3 is 5.97 Å². The molecule has 0 saturated carbocycles. The second-order valence-electron chi connectivity index (χ2n) is 3.47. The fourth-order valence-corrected chi connectivity index (χ4v) is 2.90. The van der Waals surface area contributed by atoms with Gasteiger partial charge in [-0.2, -0.15) is 4.37 Å². The first-order valence-corrected chi connectivity index (χ1v) is 7.08. The third-order valence-electron chi connectivity index (χ3n) is 2.17. The lowest BCUT2D eigenvalue weighted by atomic mass is 10.2. The molecule has 0 bridgehead atoms. The van der Waals surface area contributed by atoms with Gasteiger partial charge in [0.2, 0.25) is 0 Å². The van der Waals surface area contributed by atoms with Crippen molar-refractivity contribution in [2.45, 2.75) is 23.4 Å². The van der Waals surface area contributed by atoms with E-state index in [0.29, 0.717) is 5.75 Å². The van der Waals surface area contributed by atoms with Crippen LogP contribution >= 0.6 is 23.3 Å². The van der Waals surface area contributed by atoms with Crippen molar-refractivity contribution in [2.24, 2.45) is 0 Å². The zero-order valence-electron chi connectivity index (χ0n) is 9.66. The SMILES string of the molecule is CCc1nsc(SCc2ccnc(C(=O)O)c2)n1. The number of carboxylic acid groups (broad SMARTS) is 1. The van der Waals surface area contributed by atoms with E-state index in [1.807, 2.05) is 6.92 Å². The number of carboxylic acids is 1. The van der Waals surface area contributed by atoms with Crippen LogP contribution in [-0.4, -0.2) is 25.4 Å². The monoisotopic (exact) mass is 281 g/mol. The molecular formula is C11H11N3O2S2. The number of aromatic carboxylic acids is 1. The summed E-state index contributed by atoms with van der Waals surface area (Å²) >= 11 is 2.93. The van der Waals surface area contributed by atoms with E-state index in [2.05, 4.69) is 14.3 Å². The molecule has 5 nitrogen and oxygen atoms in total. The van der Waals surface area contributed by atoms with Gasteiger partial charge in [-0.25, -0.2) is 14.8 Å². The van der Waals surface area contributed by atoms with Gasteiger partial charge in [0.15, 0.2) is 4.34 Å². The summed E-state index contributed by atoms with van der Waals surface area (Å²) in [5.41, 5.74) is 0.986. The maximum absolute atomic E-state index is 10.8. The Morgan fingerprint density at radius 1 is 1.56 bits per heavy atom. The molecule has 1 N–H and O–H groups in total. The highest BCUT2D eigenvalue weighted by Gasteiger charge is 2.07. The predicted molar refractivity (Wildman–Crippen MR) is 70.0 cm³/mol. The Morgan fingerprint density at radius 2 is 2.39 bits per heavy atom. The summed E-state index contributed by atoms with van der Waals surface area (Å²) in [6, 6.07) is 3.39. The summed E-state index contributed by atoms with van der Waals surface area (Å²) in [6.45, 7) is 2.01. The molecule has 2 aromatic heterocycles. The average molecular weight is 281 g/mol. The zero-order chi connectivity index (χ0) is 13.0. The summed E-state index contributed by atoms with van der Waals surface area (Å²) in [7, 11) is 0. The molecule has 2 heterocycles. The molecule has 18 heavy (non-hydrogen) atoms. The van der Waals surface area contributed by atoms with Crippen molar-refractivity contribution in [1.29, 1.82) is 0 Å². The number of rotatable bonds is 5. The third-order valence-corrected chi connectivity index (χ3v) is 4.11. The summed E-state index contributed by atoms with van der Waals surface area (Å²) in [5.74, 6) is 0.510. The molecule has 0 aliphatic carbocycles. The van der Waals surface area contributed by atoms with Crippen LogP contribution in [0.3, 0.4) is 0 Å². The van der Waals surface area contributed by atoms with Gasteiger partial charge in [-0.05, 0) is 29.2 Å². The maximum atomic E-state index is 10.8. The Balaban J connectivity index is 2.01. The van der Waals surface area contributed by atoms with E-state index in [4.69, 9.17) is 5.11 Å². The van der Waals surface area contributed by atoms with Crippen LogP contribution in [0.2, 0.25) is 0 Å². The van der Waals surface area contributed by atoms with E-state index in [9.17, 15) is 4.79 Å². The number of nitrogens with zero attached hydrogens (tertiary/aromatic N) is 3. The Hall–Kier alpha value is -1.47. The first-order valence-electron chi connectivity index (χ1n) is 5.32. The average Bonchev–Trinajstić information content (AvgIpc) is 2.84. The molecule has 0 radical (unpaired) electrons. The highest BCUT2D eigenvalue weighted by Crippen LogP contribution is 2.24. The van der Waals surface area contributed by atoms with Crippen molar-refractivity contribution in [3.8, 4) is 0 Å². The topological polar surface area (TPSA) is 76.0 Å². The van der Waals surface area contributed by atoms with Crippen LogP contribution in [0.25, 0.3) is 0 Å². The Kier molecular flexibility index (Phi) is 4.27. The van der Waals surface area contributed by atoms with Gasteiger partial charge < -0.3 is 5.11 Å². The molecule has 0 aromatic carbocycles. The summed E-state index contributed by atoms with van der Waals surface area (Å²) in [5, 5.41) is 8.84. The Bertz CT molecular complexity index is 557. The lowest BCUT2D eigenvalue weighted by Gasteiger charge is -1.99. The van der Waals surface area contributed by atoms with Crippen LogP contribution in [0.4, 0.5) is 0 Å². The molecule has 2 rings (SSSR count). The summed E-state index contributed by atoms with van der Waals surface area (Å²) < 4.78 is 5.10. The normalized spacial score (nSPS) is 10.5. The van der Waals surface area contributed by atoms with Crippen molar-refractivity contribution in [3.05, 3.63) is 35.4 Å². The second kappa shape index (κ2) is 5.92. The first kappa shape index (κ1) is 13.0. The van der Waals surface area contributed by atoms with Crippen molar-refractivity contribution in [1.82, 2.24) is 14.3 Å². The molecule has 7 heteroatoms. The quantitative estimate of drug-likeness (QED) is 0.849. The molecule has 0 aliphatic heterocycles. The Morgan fingerprint density at radius 3 is 3.06 bits per heavy atom.